The molecular formula is C9H16N2O3. The van der Waals surface area contributed by atoms with Gasteiger partial charge < -0.3 is 15.7 Å². The molecule has 0 aliphatic carbocycles. The molecule has 0 radical (unpaired) electrons. The molecule has 1 atom stereocenters. The predicted octanol–water partition coefficient (Wildman–Crippen LogP) is -0.201. The van der Waals surface area contributed by atoms with Crippen molar-refractivity contribution in [3.8, 4) is 0 Å². The second-order valence-corrected chi connectivity index (χ2v) is 4.10. The maximum absolute atomic E-state index is 11.6. The van der Waals surface area contributed by atoms with Crippen LogP contribution < -0.4 is 5.73 Å². The molecule has 5 nitrogen and oxygen atoms in total. The molecule has 1 heterocycles. The quantitative estimate of drug-likeness (QED) is 0.646. The van der Waals surface area contributed by atoms with E-state index in [2.05, 4.69) is 0 Å². The largest absolute Gasteiger partial charge is 0.480 e. The number of carbonyl (C=O) groups excluding carboxylic acids is 1. The van der Waals surface area contributed by atoms with Gasteiger partial charge in [-0.2, -0.15) is 0 Å². The Hall–Kier alpha value is -1.10. The zero-order valence-electron chi connectivity index (χ0n) is 8.49. The number of carbonyl (C=O) groups is 2. The van der Waals surface area contributed by atoms with E-state index in [1.165, 1.54) is 18.7 Å². The van der Waals surface area contributed by atoms with Crippen molar-refractivity contribution in [2.24, 2.45) is 5.73 Å². The highest BCUT2D eigenvalue weighted by Gasteiger charge is 2.41. The van der Waals surface area contributed by atoms with E-state index in [9.17, 15) is 9.59 Å². The van der Waals surface area contributed by atoms with Crippen LogP contribution in [0.4, 0.5) is 0 Å². The number of nitrogens with two attached hydrogens (primary N) is 1. The van der Waals surface area contributed by atoms with Gasteiger partial charge in [-0.1, -0.05) is 0 Å². The van der Waals surface area contributed by atoms with Gasteiger partial charge in [0.05, 0.1) is 6.04 Å². The lowest BCUT2D eigenvalue weighted by atomic mass is 9.96. The van der Waals surface area contributed by atoms with Gasteiger partial charge in [-0.15, -0.1) is 0 Å². The minimum absolute atomic E-state index is 0.261. The van der Waals surface area contributed by atoms with Crippen LogP contribution >= 0.6 is 0 Å². The van der Waals surface area contributed by atoms with Gasteiger partial charge in [0.2, 0.25) is 5.91 Å². The number of likely N-dealkylation sites (tertiary alicyclic amines) is 1. The summed E-state index contributed by atoms with van der Waals surface area (Å²) in [6.07, 6.45) is 1.41. The number of nitrogens with zero attached hydrogens (tertiary/aromatic N) is 1. The average Bonchev–Trinajstić information content (AvgIpc) is 2.09. The Labute approximate surface area is 82.9 Å². The SMILES string of the molecule is CC(C)(C(=O)O)N1CCCC(N)C1=O. The van der Waals surface area contributed by atoms with Crippen LogP contribution in [0.15, 0.2) is 0 Å². The van der Waals surface area contributed by atoms with Gasteiger partial charge in [-0.05, 0) is 26.7 Å². The maximum atomic E-state index is 11.6. The Kier molecular flexibility index (Phi) is 2.80. The fraction of sp³-hybridized carbons (Fsp3) is 0.778. The van der Waals surface area contributed by atoms with Gasteiger partial charge in [0.25, 0.3) is 0 Å². The Morgan fingerprint density at radius 3 is 2.71 bits per heavy atom. The maximum Gasteiger partial charge on any atom is 0.329 e. The van der Waals surface area contributed by atoms with Crippen LogP contribution in [-0.4, -0.2) is 40.0 Å². The second kappa shape index (κ2) is 3.57. The van der Waals surface area contributed by atoms with Crippen molar-refractivity contribution in [1.29, 1.82) is 0 Å². The summed E-state index contributed by atoms with van der Waals surface area (Å²) in [4.78, 5) is 23.9. The molecule has 1 fully saturated rings. The van der Waals surface area contributed by atoms with Crippen molar-refractivity contribution in [2.75, 3.05) is 6.54 Å². The number of carboxylic acids is 1. The molecule has 1 unspecified atom stereocenters. The molecule has 0 saturated carbocycles. The molecular weight excluding hydrogens is 184 g/mol. The first-order valence-electron chi connectivity index (χ1n) is 4.68. The summed E-state index contributed by atoms with van der Waals surface area (Å²) in [5.74, 6) is -1.26. The molecule has 1 aliphatic rings. The van der Waals surface area contributed by atoms with E-state index in [1.54, 1.807) is 0 Å². The average molecular weight is 200 g/mol. The van der Waals surface area contributed by atoms with Gasteiger partial charge in [0, 0.05) is 6.54 Å². The van der Waals surface area contributed by atoms with Gasteiger partial charge in [0.15, 0.2) is 0 Å². The van der Waals surface area contributed by atoms with Crippen molar-refractivity contribution < 1.29 is 14.7 Å². The van der Waals surface area contributed by atoms with Crippen LogP contribution in [-0.2, 0) is 9.59 Å². The van der Waals surface area contributed by atoms with Crippen molar-refractivity contribution in [3.05, 3.63) is 0 Å². The second-order valence-electron chi connectivity index (χ2n) is 4.10. The summed E-state index contributed by atoms with van der Waals surface area (Å²) in [6.45, 7) is 3.52. The summed E-state index contributed by atoms with van der Waals surface area (Å²) in [6, 6.07) is -0.539. The normalized spacial score (nSPS) is 23.8. The molecule has 1 aliphatic heterocycles. The zero-order chi connectivity index (χ0) is 10.9. The molecule has 80 valence electrons. The molecule has 0 aromatic carbocycles. The summed E-state index contributed by atoms with van der Waals surface area (Å²) in [5.41, 5.74) is 4.42. The van der Waals surface area contributed by atoms with Gasteiger partial charge in [-0.3, -0.25) is 4.79 Å². The van der Waals surface area contributed by atoms with E-state index < -0.39 is 17.6 Å². The van der Waals surface area contributed by atoms with E-state index in [-0.39, 0.29) is 5.91 Å². The number of hydrogen-bond donors (Lipinski definition) is 2. The third-order valence-corrected chi connectivity index (χ3v) is 2.68. The summed E-state index contributed by atoms with van der Waals surface area (Å²) >= 11 is 0. The Morgan fingerprint density at radius 1 is 1.64 bits per heavy atom. The third-order valence-electron chi connectivity index (χ3n) is 2.68. The molecule has 14 heavy (non-hydrogen) atoms. The van der Waals surface area contributed by atoms with Crippen LogP contribution in [0.3, 0.4) is 0 Å². The predicted molar refractivity (Wildman–Crippen MR) is 50.6 cm³/mol. The molecule has 1 amide bonds. The van der Waals surface area contributed by atoms with Gasteiger partial charge >= 0.3 is 5.97 Å². The fourth-order valence-electron chi connectivity index (χ4n) is 1.57. The monoisotopic (exact) mass is 200 g/mol. The van der Waals surface area contributed by atoms with Gasteiger partial charge in [0.1, 0.15) is 5.54 Å². The smallest absolute Gasteiger partial charge is 0.329 e. The number of hydrogen-bond acceptors (Lipinski definition) is 3. The molecule has 5 heteroatoms. The van der Waals surface area contributed by atoms with Crippen LogP contribution in [0.5, 0.6) is 0 Å². The number of amides is 1. The lowest BCUT2D eigenvalue weighted by Gasteiger charge is -2.39. The van der Waals surface area contributed by atoms with E-state index in [1.807, 2.05) is 0 Å². The standard InChI is InChI=1S/C9H16N2O3/c1-9(2,8(13)14)11-5-3-4-6(10)7(11)12/h6H,3-5,10H2,1-2H3,(H,13,14). The molecule has 3 N–H and O–H groups in total. The Morgan fingerprint density at radius 2 is 2.21 bits per heavy atom. The summed E-state index contributed by atoms with van der Waals surface area (Å²) in [7, 11) is 0. The summed E-state index contributed by atoms with van der Waals surface area (Å²) < 4.78 is 0. The van der Waals surface area contributed by atoms with E-state index in [0.717, 1.165) is 6.42 Å². The number of carboxylic acid groups (broad SMARTS) is 1. The van der Waals surface area contributed by atoms with Crippen molar-refractivity contribution in [1.82, 2.24) is 4.90 Å². The fourth-order valence-corrected chi connectivity index (χ4v) is 1.57. The number of aliphatic carboxylic acids is 1. The van der Waals surface area contributed by atoms with E-state index >= 15 is 0 Å². The number of rotatable bonds is 2. The molecule has 0 bridgehead atoms. The molecule has 0 aromatic heterocycles. The van der Waals surface area contributed by atoms with E-state index in [0.29, 0.717) is 13.0 Å². The first-order valence-corrected chi connectivity index (χ1v) is 4.68. The molecule has 1 rings (SSSR count). The molecule has 0 aromatic rings. The molecule has 1 saturated heterocycles. The summed E-state index contributed by atoms with van der Waals surface area (Å²) in [5, 5.41) is 8.96. The third kappa shape index (κ3) is 1.72. The minimum Gasteiger partial charge on any atom is -0.480 e. The Balaban J connectivity index is 2.86. The first kappa shape index (κ1) is 11.0. The lowest BCUT2D eigenvalue weighted by molar-refractivity contribution is -0.159. The zero-order valence-corrected chi connectivity index (χ0v) is 8.49. The van der Waals surface area contributed by atoms with Crippen LogP contribution in [0.2, 0.25) is 0 Å². The highest BCUT2D eigenvalue weighted by Crippen LogP contribution is 2.21. The molecule has 0 spiro atoms. The lowest BCUT2D eigenvalue weighted by Crippen LogP contribution is -2.59. The highest BCUT2D eigenvalue weighted by molar-refractivity contribution is 5.89. The first-order chi connectivity index (χ1) is 6.37. The number of piperidine rings is 1. The van der Waals surface area contributed by atoms with Gasteiger partial charge in [-0.25, -0.2) is 4.79 Å². The highest BCUT2D eigenvalue weighted by atomic mass is 16.4. The van der Waals surface area contributed by atoms with Crippen LogP contribution in [0.25, 0.3) is 0 Å². The minimum atomic E-state index is -1.16. The Bertz CT molecular complexity index is 263. The topological polar surface area (TPSA) is 83.6 Å². The van der Waals surface area contributed by atoms with Crippen LogP contribution in [0, 0.1) is 0 Å². The van der Waals surface area contributed by atoms with E-state index in [4.69, 9.17) is 10.8 Å². The van der Waals surface area contributed by atoms with Crippen LogP contribution in [0.1, 0.15) is 26.7 Å². The van der Waals surface area contributed by atoms with Crippen molar-refractivity contribution in [3.63, 3.8) is 0 Å². The van der Waals surface area contributed by atoms with Crippen molar-refractivity contribution in [2.45, 2.75) is 38.3 Å². The van der Waals surface area contributed by atoms with Crippen molar-refractivity contribution >= 4 is 11.9 Å².